The predicted octanol–water partition coefficient (Wildman–Crippen LogP) is 3.20. The molecule has 25 heavy (non-hydrogen) atoms. The van der Waals surface area contributed by atoms with Crippen molar-refractivity contribution in [1.82, 2.24) is 4.90 Å². The van der Waals surface area contributed by atoms with E-state index >= 15 is 0 Å². The maximum Gasteiger partial charge on any atom is 0.238 e. The zero-order valence-electron chi connectivity index (χ0n) is 14.8. The Labute approximate surface area is 148 Å². The van der Waals surface area contributed by atoms with Crippen molar-refractivity contribution in [3.05, 3.63) is 59.4 Å². The van der Waals surface area contributed by atoms with Gasteiger partial charge in [-0.3, -0.25) is 9.69 Å². The van der Waals surface area contributed by atoms with Crippen LogP contribution in [0.4, 0.5) is 15.8 Å². The largest absolute Gasteiger partial charge is 0.369 e. The van der Waals surface area contributed by atoms with Gasteiger partial charge < -0.3 is 10.2 Å². The van der Waals surface area contributed by atoms with Gasteiger partial charge in [0.05, 0.1) is 6.54 Å². The number of nitrogens with one attached hydrogen (secondary N) is 1. The van der Waals surface area contributed by atoms with E-state index in [4.69, 9.17) is 0 Å². The van der Waals surface area contributed by atoms with E-state index in [9.17, 15) is 9.18 Å². The Morgan fingerprint density at radius 2 is 1.72 bits per heavy atom. The molecular weight excluding hydrogens is 317 g/mol. The van der Waals surface area contributed by atoms with Crippen LogP contribution in [0.25, 0.3) is 0 Å². The third-order valence-electron chi connectivity index (χ3n) is 4.56. The summed E-state index contributed by atoms with van der Waals surface area (Å²) in [6, 6.07) is 12.4. The van der Waals surface area contributed by atoms with Gasteiger partial charge in [-0.1, -0.05) is 17.7 Å². The van der Waals surface area contributed by atoms with Crippen molar-refractivity contribution in [3.8, 4) is 0 Å². The number of amides is 1. The lowest BCUT2D eigenvalue weighted by molar-refractivity contribution is -0.117. The third kappa shape index (κ3) is 4.57. The van der Waals surface area contributed by atoms with Crippen molar-refractivity contribution >= 4 is 17.3 Å². The van der Waals surface area contributed by atoms with E-state index in [2.05, 4.69) is 47.2 Å². The van der Waals surface area contributed by atoms with E-state index in [1.54, 1.807) is 12.1 Å². The summed E-state index contributed by atoms with van der Waals surface area (Å²) >= 11 is 0. The first-order valence-electron chi connectivity index (χ1n) is 8.61. The highest BCUT2D eigenvalue weighted by Crippen LogP contribution is 2.22. The minimum Gasteiger partial charge on any atom is -0.369 e. The summed E-state index contributed by atoms with van der Waals surface area (Å²) in [6.45, 7) is 8.13. The highest BCUT2D eigenvalue weighted by molar-refractivity contribution is 5.92. The lowest BCUT2D eigenvalue weighted by atomic mass is 10.1. The number of halogens is 1. The van der Waals surface area contributed by atoms with Crippen LogP contribution >= 0.6 is 0 Å². The smallest absolute Gasteiger partial charge is 0.238 e. The fourth-order valence-electron chi connectivity index (χ4n) is 3.24. The summed E-state index contributed by atoms with van der Waals surface area (Å²) < 4.78 is 12.9. The van der Waals surface area contributed by atoms with Gasteiger partial charge in [-0.15, -0.1) is 0 Å². The molecule has 0 saturated carbocycles. The molecule has 5 heteroatoms. The molecule has 2 aromatic carbocycles. The Hall–Kier alpha value is -2.40. The molecule has 0 unspecified atom stereocenters. The molecule has 0 bridgehead atoms. The van der Waals surface area contributed by atoms with Crippen LogP contribution in [0.15, 0.2) is 42.5 Å². The first kappa shape index (κ1) is 17.4. The quantitative estimate of drug-likeness (QED) is 0.928. The minimum absolute atomic E-state index is 0.0634. The van der Waals surface area contributed by atoms with E-state index < -0.39 is 0 Å². The van der Waals surface area contributed by atoms with Gasteiger partial charge in [-0.2, -0.15) is 0 Å². The molecule has 3 rings (SSSR count). The number of nitrogens with zero attached hydrogens (tertiary/aromatic N) is 2. The van der Waals surface area contributed by atoms with Crippen LogP contribution in [-0.4, -0.2) is 43.5 Å². The molecule has 0 atom stereocenters. The molecule has 1 N–H and O–H groups in total. The molecule has 132 valence electrons. The Morgan fingerprint density at radius 1 is 1.04 bits per heavy atom. The third-order valence-corrected chi connectivity index (χ3v) is 4.56. The normalized spacial score (nSPS) is 15.2. The summed E-state index contributed by atoms with van der Waals surface area (Å²) in [5, 5.41) is 2.81. The van der Waals surface area contributed by atoms with Crippen LogP contribution < -0.4 is 10.2 Å². The standard InChI is InChI=1S/C20H24FN3O/c1-15-3-8-19(16(2)13-15)24-11-9-23(10-12-24)14-20(25)22-18-6-4-17(21)5-7-18/h3-8,13H,9-12,14H2,1-2H3,(H,22,25). The highest BCUT2D eigenvalue weighted by atomic mass is 19.1. The van der Waals surface area contributed by atoms with Crippen LogP contribution in [0.2, 0.25) is 0 Å². The lowest BCUT2D eigenvalue weighted by Crippen LogP contribution is -2.48. The molecule has 1 heterocycles. The van der Waals surface area contributed by atoms with Gasteiger partial charge >= 0.3 is 0 Å². The Kier molecular flexibility index (Phi) is 5.34. The van der Waals surface area contributed by atoms with Crippen molar-refractivity contribution < 1.29 is 9.18 Å². The predicted molar refractivity (Wildman–Crippen MR) is 99.6 cm³/mol. The minimum atomic E-state index is -0.305. The summed E-state index contributed by atoms with van der Waals surface area (Å²) in [5.74, 6) is -0.368. The molecule has 4 nitrogen and oxygen atoms in total. The molecule has 1 fully saturated rings. The zero-order chi connectivity index (χ0) is 17.8. The summed E-state index contributed by atoms with van der Waals surface area (Å²) in [7, 11) is 0. The molecule has 0 aliphatic carbocycles. The van der Waals surface area contributed by atoms with Gasteiger partial charge in [0.1, 0.15) is 5.82 Å². The number of benzene rings is 2. The molecule has 0 spiro atoms. The SMILES string of the molecule is Cc1ccc(N2CCN(CC(=O)Nc3ccc(F)cc3)CC2)c(C)c1. The van der Waals surface area contributed by atoms with Crippen molar-refractivity contribution in [2.45, 2.75) is 13.8 Å². The summed E-state index contributed by atoms with van der Waals surface area (Å²) in [5.41, 5.74) is 4.47. The number of piperazine rings is 1. The number of hydrogen-bond donors (Lipinski definition) is 1. The second-order valence-corrected chi connectivity index (χ2v) is 6.61. The second kappa shape index (κ2) is 7.66. The summed E-state index contributed by atoms with van der Waals surface area (Å²) in [4.78, 5) is 16.7. The monoisotopic (exact) mass is 341 g/mol. The van der Waals surface area contributed by atoms with E-state index in [0.717, 1.165) is 26.2 Å². The van der Waals surface area contributed by atoms with Gasteiger partial charge in [0, 0.05) is 37.6 Å². The summed E-state index contributed by atoms with van der Waals surface area (Å²) in [6.07, 6.45) is 0. The molecule has 1 saturated heterocycles. The fourth-order valence-corrected chi connectivity index (χ4v) is 3.24. The topological polar surface area (TPSA) is 35.6 Å². The van der Waals surface area contributed by atoms with E-state index in [1.807, 2.05) is 0 Å². The lowest BCUT2D eigenvalue weighted by Gasteiger charge is -2.36. The molecule has 1 aliphatic heterocycles. The number of carbonyl (C=O) groups excluding carboxylic acids is 1. The molecule has 1 aliphatic rings. The van der Waals surface area contributed by atoms with Gasteiger partial charge in [0.2, 0.25) is 5.91 Å². The van der Waals surface area contributed by atoms with Gasteiger partial charge in [-0.05, 0) is 49.7 Å². The van der Waals surface area contributed by atoms with Gasteiger partial charge in [-0.25, -0.2) is 4.39 Å². The van der Waals surface area contributed by atoms with Crippen molar-refractivity contribution in [2.24, 2.45) is 0 Å². The second-order valence-electron chi connectivity index (χ2n) is 6.61. The Bertz CT molecular complexity index is 737. The van der Waals surface area contributed by atoms with Crippen LogP contribution in [0.3, 0.4) is 0 Å². The van der Waals surface area contributed by atoms with Crippen LogP contribution in [0.5, 0.6) is 0 Å². The maximum absolute atomic E-state index is 12.9. The number of anilines is 2. The van der Waals surface area contributed by atoms with Crippen molar-refractivity contribution in [3.63, 3.8) is 0 Å². The number of hydrogen-bond acceptors (Lipinski definition) is 3. The molecule has 0 radical (unpaired) electrons. The average Bonchev–Trinajstić information content (AvgIpc) is 2.58. The number of rotatable bonds is 4. The maximum atomic E-state index is 12.9. The van der Waals surface area contributed by atoms with Gasteiger partial charge in [0.25, 0.3) is 0 Å². The van der Waals surface area contributed by atoms with E-state index in [1.165, 1.54) is 28.9 Å². The molecule has 0 aromatic heterocycles. The van der Waals surface area contributed by atoms with Crippen LogP contribution in [0.1, 0.15) is 11.1 Å². The molecule has 2 aromatic rings. The average molecular weight is 341 g/mol. The Morgan fingerprint density at radius 3 is 2.36 bits per heavy atom. The number of aryl methyl sites for hydroxylation is 2. The van der Waals surface area contributed by atoms with Crippen LogP contribution in [-0.2, 0) is 4.79 Å². The molecular formula is C20H24FN3O. The van der Waals surface area contributed by atoms with Crippen LogP contribution in [0, 0.1) is 19.7 Å². The Balaban J connectivity index is 1.50. The van der Waals surface area contributed by atoms with Crippen molar-refractivity contribution in [2.75, 3.05) is 42.9 Å². The first-order valence-corrected chi connectivity index (χ1v) is 8.61. The van der Waals surface area contributed by atoms with Crippen molar-refractivity contribution in [1.29, 1.82) is 0 Å². The number of carbonyl (C=O) groups is 1. The zero-order valence-corrected chi connectivity index (χ0v) is 14.8. The first-order chi connectivity index (χ1) is 12.0. The molecule has 1 amide bonds. The highest BCUT2D eigenvalue weighted by Gasteiger charge is 2.20. The van der Waals surface area contributed by atoms with E-state index in [0.29, 0.717) is 12.2 Å². The van der Waals surface area contributed by atoms with Gasteiger partial charge in [0.15, 0.2) is 0 Å². The fraction of sp³-hybridized carbons (Fsp3) is 0.350. The van der Waals surface area contributed by atoms with E-state index in [-0.39, 0.29) is 11.7 Å².